The lowest BCUT2D eigenvalue weighted by atomic mass is 10.3. The molecule has 0 saturated heterocycles. The van der Waals surface area contributed by atoms with Gasteiger partial charge in [0.2, 0.25) is 5.91 Å². The molecular formula is C10H15NO3. The molecule has 0 fully saturated rings. The summed E-state index contributed by atoms with van der Waals surface area (Å²) < 4.78 is 5.04. The Kier molecular flexibility index (Phi) is 8.81. The van der Waals surface area contributed by atoms with Crippen molar-refractivity contribution in [3.63, 3.8) is 0 Å². The number of aldehydes is 1. The number of carbonyl (C=O) groups is 2. The molecule has 4 heteroatoms. The van der Waals surface area contributed by atoms with Gasteiger partial charge in [0, 0.05) is 25.8 Å². The minimum Gasteiger partial charge on any atom is -0.379 e. The Morgan fingerprint density at radius 1 is 1.50 bits per heavy atom. The zero-order valence-corrected chi connectivity index (χ0v) is 8.12. The number of rotatable bonds is 8. The van der Waals surface area contributed by atoms with Gasteiger partial charge in [-0.15, -0.1) is 12.3 Å². The molecule has 78 valence electrons. The molecule has 1 N–H and O–H groups in total. The molecule has 0 aromatic heterocycles. The number of hydrogen-bond acceptors (Lipinski definition) is 3. The summed E-state index contributed by atoms with van der Waals surface area (Å²) in [7, 11) is 0. The van der Waals surface area contributed by atoms with E-state index in [0.717, 1.165) is 6.29 Å². The maximum Gasteiger partial charge on any atom is 0.221 e. The Hall–Kier alpha value is -1.34. The summed E-state index contributed by atoms with van der Waals surface area (Å²) in [5.41, 5.74) is 0. The van der Waals surface area contributed by atoms with Crippen LogP contribution in [0.1, 0.15) is 19.3 Å². The van der Waals surface area contributed by atoms with Crippen LogP contribution in [0.2, 0.25) is 0 Å². The highest BCUT2D eigenvalue weighted by Crippen LogP contribution is 1.85. The summed E-state index contributed by atoms with van der Waals surface area (Å²) in [4.78, 5) is 20.9. The molecule has 0 saturated carbocycles. The fourth-order valence-corrected chi connectivity index (χ4v) is 0.770. The molecule has 0 aliphatic rings. The van der Waals surface area contributed by atoms with Crippen molar-refractivity contribution in [1.82, 2.24) is 5.32 Å². The number of ether oxygens (including phenoxy) is 1. The molecule has 0 spiro atoms. The fraction of sp³-hybridized carbons (Fsp3) is 0.600. The average Bonchev–Trinajstić information content (AvgIpc) is 2.20. The average molecular weight is 197 g/mol. The van der Waals surface area contributed by atoms with Crippen LogP contribution in [0.5, 0.6) is 0 Å². The first kappa shape index (κ1) is 12.7. The van der Waals surface area contributed by atoms with Gasteiger partial charge in [0.15, 0.2) is 0 Å². The van der Waals surface area contributed by atoms with Gasteiger partial charge in [0.1, 0.15) is 6.29 Å². The third-order valence-electron chi connectivity index (χ3n) is 1.45. The second-order valence-electron chi connectivity index (χ2n) is 2.62. The molecule has 0 rings (SSSR count). The molecule has 0 bridgehead atoms. The summed E-state index contributed by atoms with van der Waals surface area (Å²) in [5, 5.41) is 2.65. The van der Waals surface area contributed by atoms with Gasteiger partial charge in [0.05, 0.1) is 13.2 Å². The minimum atomic E-state index is -0.0677. The predicted molar refractivity (Wildman–Crippen MR) is 52.6 cm³/mol. The van der Waals surface area contributed by atoms with Crippen molar-refractivity contribution in [2.45, 2.75) is 19.3 Å². The van der Waals surface area contributed by atoms with Gasteiger partial charge in [-0.1, -0.05) is 0 Å². The normalized spacial score (nSPS) is 9.07. The van der Waals surface area contributed by atoms with Crippen molar-refractivity contribution >= 4 is 12.2 Å². The van der Waals surface area contributed by atoms with E-state index in [2.05, 4.69) is 11.2 Å². The quantitative estimate of drug-likeness (QED) is 0.341. The van der Waals surface area contributed by atoms with E-state index in [1.165, 1.54) is 0 Å². The van der Waals surface area contributed by atoms with Crippen molar-refractivity contribution < 1.29 is 14.3 Å². The minimum absolute atomic E-state index is 0.0677. The standard InChI is InChI=1S/C10H15NO3/c1-2-3-5-10(13)11-6-9-14-8-4-7-12/h1,7H,3-6,8-9H2,(H,11,13). The topological polar surface area (TPSA) is 55.4 Å². The molecule has 14 heavy (non-hydrogen) atoms. The zero-order valence-electron chi connectivity index (χ0n) is 8.12. The van der Waals surface area contributed by atoms with E-state index in [1.807, 2.05) is 0 Å². The lowest BCUT2D eigenvalue weighted by Crippen LogP contribution is -2.26. The van der Waals surface area contributed by atoms with E-state index < -0.39 is 0 Å². The fourth-order valence-electron chi connectivity index (χ4n) is 0.770. The van der Waals surface area contributed by atoms with Crippen molar-refractivity contribution in [3.8, 4) is 12.3 Å². The van der Waals surface area contributed by atoms with E-state index in [-0.39, 0.29) is 5.91 Å². The number of amides is 1. The van der Waals surface area contributed by atoms with Crippen molar-refractivity contribution in [2.24, 2.45) is 0 Å². The van der Waals surface area contributed by atoms with Crippen LogP contribution in [-0.4, -0.2) is 32.0 Å². The van der Waals surface area contributed by atoms with Crippen LogP contribution in [0.3, 0.4) is 0 Å². The smallest absolute Gasteiger partial charge is 0.221 e. The number of hydrogen-bond donors (Lipinski definition) is 1. The lowest BCUT2D eigenvalue weighted by Gasteiger charge is -2.03. The van der Waals surface area contributed by atoms with Crippen LogP contribution in [0.25, 0.3) is 0 Å². The Morgan fingerprint density at radius 2 is 2.29 bits per heavy atom. The van der Waals surface area contributed by atoms with Crippen LogP contribution in [0.15, 0.2) is 0 Å². The summed E-state index contributed by atoms with van der Waals surface area (Å²) in [5.74, 6) is 2.32. The maximum absolute atomic E-state index is 11.0. The largest absolute Gasteiger partial charge is 0.379 e. The van der Waals surface area contributed by atoms with Gasteiger partial charge in [-0.25, -0.2) is 0 Å². The first-order valence-corrected chi connectivity index (χ1v) is 4.52. The van der Waals surface area contributed by atoms with E-state index in [1.54, 1.807) is 0 Å². The highest BCUT2D eigenvalue weighted by molar-refractivity contribution is 5.76. The first-order chi connectivity index (χ1) is 6.81. The second kappa shape index (κ2) is 9.75. The van der Waals surface area contributed by atoms with Crippen LogP contribution < -0.4 is 5.32 Å². The van der Waals surface area contributed by atoms with E-state index in [9.17, 15) is 9.59 Å². The summed E-state index contributed by atoms with van der Waals surface area (Å²) in [6, 6.07) is 0. The molecule has 1 amide bonds. The number of nitrogens with one attached hydrogen (secondary N) is 1. The van der Waals surface area contributed by atoms with Gasteiger partial charge in [-0.3, -0.25) is 4.79 Å². The highest BCUT2D eigenvalue weighted by atomic mass is 16.5. The third kappa shape index (κ3) is 8.75. The van der Waals surface area contributed by atoms with Gasteiger partial charge in [0.25, 0.3) is 0 Å². The molecule has 0 unspecified atom stereocenters. The first-order valence-electron chi connectivity index (χ1n) is 4.52. The van der Waals surface area contributed by atoms with Gasteiger partial charge in [-0.2, -0.15) is 0 Å². The molecule has 0 aliphatic heterocycles. The van der Waals surface area contributed by atoms with Crippen LogP contribution in [0.4, 0.5) is 0 Å². The molecule has 4 nitrogen and oxygen atoms in total. The van der Waals surface area contributed by atoms with Crippen molar-refractivity contribution in [1.29, 1.82) is 0 Å². The molecule has 0 aromatic carbocycles. The van der Waals surface area contributed by atoms with Crippen LogP contribution >= 0.6 is 0 Å². The van der Waals surface area contributed by atoms with Gasteiger partial charge >= 0.3 is 0 Å². The Labute approximate surface area is 84.0 Å². The van der Waals surface area contributed by atoms with E-state index >= 15 is 0 Å². The summed E-state index contributed by atoms with van der Waals surface area (Å²) in [6.45, 7) is 1.29. The van der Waals surface area contributed by atoms with E-state index in [4.69, 9.17) is 11.2 Å². The van der Waals surface area contributed by atoms with E-state index in [0.29, 0.717) is 39.0 Å². The monoisotopic (exact) mass is 197 g/mol. The van der Waals surface area contributed by atoms with Gasteiger partial charge in [-0.05, 0) is 0 Å². The number of carbonyl (C=O) groups excluding carboxylic acids is 2. The van der Waals surface area contributed by atoms with Crippen LogP contribution in [-0.2, 0) is 14.3 Å². The highest BCUT2D eigenvalue weighted by Gasteiger charge is 1.97. The summed E-state index contributed by atoms with van der Waals surface area (Å²) in [6.07, 6.45) is 7.00. The molecule has 0 aliphatic carbocycles. The van der Waals surface area contributed by atoms with Crippen molar-refractivity contribution in [2.75, 3.05) is 19.8 Å². The molecule has 0 heterocycles. The predicted octanol–water partition coefficient (Wildman–Crippen LogP) is 0.122. The second-order valence-corrected chi connectivity index (χ2v) is 2.62. The Morgan fingerprint density at radius 3 is 2.93 bits per heavy atom. The lowest BCUT2D eigenvalue weighted by molar-refractivity contribution is -0.121. The summed E-state index contributed by atoms with van der Waals surface area (Å²) >= 11 is 0. The molecule has 0 radical (unpaired) electrons. The van der Waals surface area contributed by atoms with Crippen molar-refractivity contribution in [3.05, 3.63) is 0 Å². The van der Waals surface area contributed by atoms with Gasteiger partial charge < -0.3 is 14.8 Å². The Bertz CT molecular complexity index is 208. The molecular weight excluding hydrogens is 182 g/mol. The van der Waals surface area contributed by atoms with Crippen LogP contribution in [0, 0.1) is 12.3 Å². The maximum atomic E-state index is 11.0. The molecule has 0 aromatic rings. The Balaban J connectivity index is 3.15. The number of terminal acetylenes is 1. The molecule has 0 atom stereocenters. The SMILES string of the molecule is C#CCCC(=O)NCCOCCC=O. The zero-order chi connectivity index (χ0) is 10.6. The third-order valence-corrected chi connectivity index (χ3v) is 1.45.